The topological polar surface area (TPSA) is 85.8 Å². The van der Waals surface area contributed by atoms with Crippen LogP contribution in [-0.4, -0.2) is 33.3 Å². The van der Waals surface area contributed by atoms with E-state index in [1.54, 1.807) is 0 Å². The van der Waals surface area contributed by atoms with Crippen molar-refractivity contribution in [3.8, 4) is 0 Å². The zero-order valence-corrected chi connectivity index (χ0v) is 17.6. The third kappa shape index (κ3) is 3.54. The molecule has 2 saturated carbocycles. The van der Waals surface area contributed by atoms with E-state index in [4.69, 9.17) is 15.8 Å². The second kappa shape index (κ2) is 7.14. The molecule has 2 atom stereocenters. The number of aryl methyl sites for hydroxylation is 1. The molecule has 2 aromatic rings. The summed E-state index contributed by atoms with van der Waals surface area (Å²) in [5.74, 6) is 0.846. The van der Waals surface area contributed by atoms with Crippen LogP contribution in [0.2, 0.25) is 0 Å². The first-order chi connectivity index (χ1) is 13.3. The molecular formula is C22H33N5O. The Labute approximate surface area is 167 Å². The van der Waals surface area contributed by atoms with Gasteiger partial charge in [0.2, 0.25) is 0 Å². The second-order valence-corrected chi connectivity index (χ2v) is 9.60. The molecule has 2 unspecified atom stereocenters. The minimum atomic E-state index is -0.191. The van der Waals surface area contributed by atoms with E-state index in [2.05, 4.69) is 26.1 Å². The molecule has 1 amide bonds. The molecular weight excluding hydrogens is 350 g/mol. The highest BCUT2D eigenvalue weighted by Gasteiger charge is 2.32. The Bertz CT molecular complexity index is 890. The third-order valence-electron chi connectivity index (χ3n) is 6.24. The fourth-order valence-corrected chi connectivity index (χ4v) is 4.47. The third-order valence-corrected chi connectivity index (χ3v) is 6.24. The number of hydrogen-bond acceptors (Lipinski definition) is 4. The van der Waals surface area contributed by atoms with E-state index in [-0.39, 0.29) is 17.5 Å². The molecule has 0 aliphatic heterocycles. The minimum absolute atomic E-state index is 0.00351. The Morgan fingerprint density at radius 1 is 1.25 bits per heavy atom. The Morgan fingerprint density at radius 2 is 1.96 bits per heavy atom. The van der Waals surface area contributed by atoms with Crippen LogP contribution in [0.4, 0.5) is 0 Å². The number of pyridine rings is 1. The maximum absolute atomic E-state index is 13.4. The number of nitrogens with two attached hydrogens (primary N) is 1. The quantitative estimate of drug-likeness (QED) is 0.844. The summed E-state index contributed by atoms with van der Waals surface area (Å²) in [4.78, 5) is 18.3. The van der Waals surface area contributed by atoms with Crippen molar-refractivity contribution >= 4 is 16.9 Å². The molecule has 3 N–H and O–H groups in total. The lowest BCUT2D eigenvalue weighted by Crippen LogP contribution is -2.44. The summed E-state index contributed by atoms with van der Waals surface area (Å²) in [6.07, 6.45) is 6.78. The van der Waals surface area contributed by atoms with Crippen molar-refractivity contribution in [2.24, 2.45) is 11.7 Å². The van der Waals surface area contributed by atoms with E-state index in [0.717, 1.165) is 60.1 Å². The van der Waals surface area contributed by atoms with Crippen molar-refractivity contribution in [2.45, 2.75) is 83.7 Å². The van der Waals surface area contributed by atoms with Gasteiger partial charge in [0.05, 0.1) is 22.2 Å². The Balaban J connectivity index is 1.77. The Hall–Kier alpha value is -1.95. The van der Waals surface area contributed by atoms with Crippen LogP contribution in [0.15, 0.2) is 6.07 Å². The minimum Gasteiger partial charge on any atom is -0.349 e. The van der Waals surface area contributed by atoms with E-state index in [9.17, 15) is 4.79 Å². The summed E-state index contributed by atoms with van der Waals surface area (Å²) in [6, 6.07) is 2.17. The highest BCUT2D eigenvalue weighted by molar-refractivity contribution is 6.06. The lowest BCUT2D eigenvalue weighted by Gasteiger charge is -2.31. The first-order valence-electron chi connectivity index (χ1n) is 10.7. The maximum Gasteiger partial charge on any atom is 0.252 e. The number of rotatable bonds is 4. The van der Waals surface area contributed by atoms with Crippen molar-refractivity contribution in [2.75, 3.05) is 6.54 Å². The van der Waals surface area contributed by atoms with Crippen LogP contribution in [0.5, 0.6) is 0 Å². The molecule has 2 aromatic heterocycles. The van der Waals surface area contributed by atoms with Gasteiger partial charge in [-0.25, -0.2) is 9.67 Å². The number of nitrogens with one attached hydrogen (secondary N) is 1. The molecule has 4 rings (SSSR count). The van der Waals surface area contributed by atoms with Crippen molar-refractivity contribution < 1.29 is 4.79 Å². The molecule has 152 valence electrons. The summed E-state index contributed by atoms with van der Waals surface area (Å²) in [6.45, 7) is 8.97. The fraction of sp³-hybridized carbons (Fsp3) is 0.682. The predicted molar refractivity (Wildman–Crippen MR) is 112 cm³/mol. The van der Waals surface area contributed by atoms with Gasteiger partial charge in [-0.2, -0.15) is 5.10 Å². The van der Waals surface area contributed by atoms with E-state index < -0.39 is 0 Å². The lowest BCUT2D eigenvalue weighted by molar-refractivity contribution is 0.0909. The summed E-state index contributed by atoms with van der Waals surface area (Å²) in [7, 11) is 0. The molecule has 0 saturated heterocycles. The van der Waals surface area contributed by atoms with Crippen molar-refractivity contribution in [3.63, 3.8) is 0 Å². The van der Waals surface area contributed by atoms with Crippen LogP contribution < -0.4 is 11.1 Å². The second-order valence-electron chi connectivity index (χ2n) is 9.60. The number of carbonyl (C=O) groups excluding carboxylic acids is 1. The van der Waals surface area contributed by atoms with Crippen molar-refractivity contribution in [1.82, 2.24) is 20.1 Å². The molecule has 0 bridgehead atoms. The van der Waals surface area contributed by atoms with Crippen LogP contribution in [0.1, 0.15) is 87.0 Å². The van der Waals surface area contributed by atoms with Gasteiger partial charge in [0.1, 0.15) is 0 Å². The summed E-state index contributed by atoms with van der Waals surface area (Å²) in [5, 5.41) is 8.95. The van der Waals surface area contributed by atoms with Crippen LogP contribution in [-0.2, 0) is 5.54 Å². The van der Waals surface area contributed by atoms with E-state index >= 15 is 0 Å². The zero-order valence-electron chi connectivity index (χ0n) is 17.6. The highest BCUT2D eigenvalue weighted by atomic mass is 16.1. The highest BCUT2D eigenvalue weighted by Crippen LogP contribution is 2.41. The SMILES string of the molecule is Cc1nn(C(C)(C)C)c2nc(C3CC3)cc(C(=O)NC3CCCCC3CN)c12. The molecule has 28 heavy (non-hydrogen) atoms. The molecule has 2 heterocycles. The number of nitrogens with zero attached hydrogens (tertiary/aromatic N) is 3. The molecule has 2 fully saturated rings. The van der Waals surface area contributed by atoms with Gasteiger partial charge >= 0.3 is 0 Å². The zero-order chi connectivity index (χ0) is 20.1. The predicted octanol–water partition coefficient (Wildman–Crippen LogP) is 3.62. The van der Waals surface area contributed by atoms with E-state index in [0.29, 0.717) is 18.4 Å². The number of aromatic nitrogens is 3. The smallest absolute Gasteiger partial charge is 0.252 e. The number of hydrogen-bond donors (Lipinski definition) is 2. The molecule has 6 nitrogen and oxygen atoms in total. The normalized spacial score (nSPS) is 23.2. The van der Waals surface area contributed by atoms with Gasteiger partial charge in [-0.05, 0) is 71.9 Å². The molecule has 2 aliphatic rings. The average Bonchev–Trinajstić information content (AvgIpc) is 3.44. The molecule has 0 radical (unpaired) electrons. The van der Waals surface area contributed by atoms with E-state index in [1.165, 1.54) is 6.42 Å². The van der Waals surface area contributed by atoms with Gasteiger partial charge in [-0.1, -0.05) is 12.8 Å². The van der Waals surface area contributed by atoms with Gasteiger partial charge in [-0.3, -0.25) is 4.79 Å². The van der Waals surface area contributed by atoms with Crippen LogP contribution in [0.25, 0.3) is 11.0 Å². The molecule has 0 aromatic carbocycles. The largest absolute Gasteiger partial charge is 0.349 e. The number of amides is 1. The molecule has 2 aliphatic carbocycles. The number of carbonyl (C=O) groups is 1. The molecule has 6 heteroatoms. The summed E-state index contributed by atoms with van der Waals surface area (Å²) >= 11 is 0. The standard InChI is InChI=1S/C22H33N5O/c1-13-19-16(21(28)25-17-8-6-5-7-15(17)12-23)11-18(14-9-10-14)24-20(19)27(26-13)22(2,3)4/h11,14-15,17H,5-10,12,23H2,1-4H3,(H,25,28). The fourth-order valence-electron chi connectivity index (χ4n) is 4.47. The Kier molecular flexibility index (Phi) is 4.94. The van der Waals surface area contributed by atoms with Gasteiger partial charge in [0, 0.05) is 17.7 Å². The number of fused-ring (bicyclic) bond motifs is 1. The van der Waals surface area contributed by atoms with Crippen molar-refractivity contribution in [3.05, 3.63) is 23.0 Å². The van der Waals surface area contributed by atoms with E-state index in [1.807, 2.05) is 17.7 Å². The van der Waals surface area contributed by atoms with Gasteiger partial charge < -0.3 is 11.1 Å². The van der Waals surface area contributed by atoms with Gasteiger partial charge in [0.15, 0.2) is 5.65 Å². The monoisotopic (exact) mass is 383 g/mol. The van der Waals surface area contributed by atoms with Crippen LogP contribution >= 0.6 is 0 Å². The summed E-state index contributed by atoms with van der Waals surface area (Å²) in [5.41, 5.74) is 9.23. The van der Waals surface area contributed by atoms with Crippen LogP contribution in [0, 0.1) is 12.8 Å². The first kappa shape index (κ1) is 19.4. The lowest BCUT2D eigenvalue weighted by atomic mass is 9.84. The summed E-state index contributed by atoms with van der Waals surface area (Å²) < 4.78 is 1.98. The van der Waals surface area contributed by atoms with Gasteiger partial charge in [-0.15, -0.1) is 0 Å². The van der Waals surface area contributed by atoms with Gasteiger partial charge in [0.25, 0.3) is 5.91 Å². The molecule has 0 spiro atoms. The van der Waals surface area contributed by atoms with Crippen LogP contribution in [0.3, 0.4) is 0 Å². The first-order valence-corrected chi connectivity index (χ1v) is 10.7. The van der Waals surface area contributed by atoms with Crippen molar-refractivity contribution in [1.29, 1.82) is 0 Å². The maximum atomic E-state index is 13.4. The average molecular weight is 384 g/mol. The Morgan fingerprint density at radius 3 is 2.61 bits per heavy atom.